The first-order chi connectivity index (χ1) is 25.3. The van der Waals surface area contributed by atoms with E-state index in [0.29, 0.717) is 50.6 Å². The Bertz CT molecular complexity index is 1930. The van der Waals surface area contributed by atoms with Crippen molar-refractivity contribution in [2.75, 3.05) is 39.3 Å². The lowest BCUT2D eigenvalue weighted by molar-refractivity contribution is -0.151. The van der Waals surface area contributed by atoms with Crippen molar-refractivity contribution in [1.82, 2.24) is 29.2 Å². The van der Waals surface area contributed by atoms with Gasteiger partial charge in [0.15, 0.2) is 0 Å². The Kier molecular flexibility index (Phi) is 10.4. The minimum absolute atomic E-state index is 0.01000. The third kappa shape index (κ3) is 7.43. The Morgan fingerprint density at radius 1 is 0.962 bits per heavy atom. The monoisotopic (exact) mass is 727 g/mol. The van der Waals surface area contributed by atoms with Crippen LogP contribution in [-0.4, -0.2) is 98.9 Å². The van der Waals surface area contributed by atoms with E-state index < -0.39 is 29.4 Å². The molecular weight excluding hydrogens is 674 g/mol. The first-order valence-electron chi connectivity index (χ1n) is 19.1. The normalized spacial score (nSPS) is 26.3. The van der Waals surface area contributed by atoms with Gasteiger partial charge in [-0.15, -0.1) is 0 Å². The van der Waals surface area contributed by atoms with Crippen LogP contribution in [0.4, 0.5) is 0 Å². The van der Waals surface area contributed by atoms with Crippen LogP contribution in [0, 0.1) is 17.3 Å². The summed E-state index contributed by atoms with van der Waals surface area (Å²) >= 11 is 0. The molecule has 13 nitrogen and oxygen atoms in total. The van der Waals surface area contributed by atoms with E-state index in [-0.39, 0.29) is 41.9 Å². The fourth-order valence-electron chi connectivity index (χ4n) is 8.81. The fraction of sp³-hybridized carbons (Fsp3) is 0.575. The van der Waals surface area contributed by atoms with Gasteiger partial charge in [-0.05, 0) is 72.7 Å². The molecule has 7 rings (SSSR count). The van der Waals surface area contributed by atoms with E-state index in [4.69, 9.17) is 10.5 Å². The predicted molar refractivity (Wildman–Crippen MR) is 199 cm³/mol. The number of hydrogen-bond donors (Lipinski definition) is 2. The quantitative estimate of drug-likeness (QED) is 0.337. The van der Waals surface area contributed by atoms with Gasteiger partial charge in [-0.25, -0.2) is 4.79 Å². The van der Waals surface area contributed by atoms with E-state index in [1.54, 1.807) is 16.5 Å². The zero-order valence-corrected chi connectivity index (χ0v) is 31.3. The highest BCUT2D eigenvalue weighted by atomic mass is 16.5. The van der Waals surface area contributed by atoms with Gasteiger partial charge in [0.1, 0.15) is 18.2 Å². The number of imide groups is 1. The summed E-state index contributed by atoms with van der Waals surface area (Å²) < 4.78 is 9.17. The smallest absolute Gasteiger partial charge is 0.329 e. The fourth-order valence-corrected chi connectivity index (χ4v) is 8.81. The number of hydrogen-bond acceptors (Lipinski definition) is 8. The number of amides is 4. The zero-order chi connectivity index (χ0) is 37.6. The number of morpholine rings is 1. The van der Waals surface area contributed by atoms with Crippen molar-refractivity contribution in [2.45, 2.75) is 83.6 Å². The van der Waals surface area contributed by atoms with E-state index in [0.717, 1.165) is 49.0 Å². The second-order valence-corrected chi connectivity index (χ2v) is 16.6. The van der Waals surface area contributed by atoms with Gasteiger partial charge in [0, 0.05) is 39.6 Å². The average molecular weight is 728 g/mol. The van der Waals surface area contributed by atoms with Crippen molar-refractivity contribution in [1.29, 1.82) is 0 Å². The van der Waals surface area contributed by atoms with Crippen LogP contribution in [0.25, 0.3) is 11.0 Å². The van der Waals surface area contributed by atoms with Crippen molar-refractivity contribution in [2.24, 2.45) is 30.0 Å². The molecule has 5 heterocycles. The maximum Gasteiger partial charge on any atom is 0.329 e. The number of rotatable bonds is 8. The molecule has 4 saturated heterocycles. The molecule has 4 amide bonds. The van der Waals surface area contributed by atoms with Gasteiger partial charge in [-0.2, -0.15) is 0 Å². The number of aromatic nitrogens is 2. The molecule has 13 heteroatoms. The number of imidazole rings is 1. The van der Waals surface area contributed by atoms with Crippen molar-refractivity contribution in [3.8, 4) is 0 Å². The van der Waals surface area contributed by atoms with Gasteiger partial charge in [-0.3, -0.25) is 38.5 Å². The van der Waals surface area contributed by atoms with Gasteiger partial charge in [0.2, 0.25) is 23.6 Å². The summed E-state index contributed by atoms with van der Waals surface area (Å²) in [6.45, 7) is 10.3. The first kappa shape index (κ1) is 37.0. The van der Waals surface area contributed by atoms with Crippen LogP contribution in [0.5, 0.6) is 0 Å². The van der Waals surface area contributed by atoms with E-state index in [2.05, 4.69) is 10.2 Å². The Labute approximate surface area is 310 Å². The number of fused-ring (bicyclic) bond motifs is 1. The molecule has 4 fully saturated rings. The number of carbonyl (C=O) groups excluding carboxylic acids is 4. The summed E-state index contributed by atoms with van der Waals surface area (Å²) in [5.74, 6) is -0.533. The molecule has 2 aromatic carbocycles. The number of carbonyl (C=O) groups is 4. The third-order valence-corrected chi connectivity index (χ3v) is 11.9. The Hall–Kier alpha value is -4.33. The van der Waals surface area contributed by atoms with Crippen molar-refractivity contribution in [3.05, 3.63) is 70.1 Å². The maximum absolute atomic E-state index is 14.5. The van der Waals surface area contributed by atoms with Gasteiger partial charge < -0.3 is 20.3 Å². The molecule has 284 valence electrons. The van der Waals surface area contributed by atoms with E-state index in [9.17, 15) is 24.0 Å². The van der Waals surface area contributed by atoms with Gasteiger partial charge in [0.25, 0.3) is 0 Å². The van der Waals surface area contributed by atoms with E-state index in [1.807, 2.05) is 74.2 Å². The van der Waals surface area contributed by atoms with Gasteiger partial charge >= 0.3 is 5.69 Å². The number of nitrogens with two attached hydrogens (primary N) is 1. The van der Waals surface area contributed by atoms with E-state index in [1.165, 1.54) is 4.57 Å². The molecule has 0 spiro atoms. The Balaban J connectivity index is 1.05. The number of likely N-dealkylation sites (tertiary alicyclic amines) is 2. The van der Waals surface area contributed by atoms with Gasteiger partial charge in [-0.1, -0.05) is 57.2 Å². The van der Waals surface area contributed by atoms with Gasteiger partial charge in [0.05, 0.1) is 30.2 Å². The summed E-state index contributed by atoms with van der Waals surface area (Å²) in [7, 11) is 1.71. The molecule has 1 aromatic heterocycles. The third-order valence-electron chi connectivity index (χ3n) is 11.9. The minimum atomic E-state index is -0.718. The predicted octanol–water partition coefficient (Wildman–Crippen LogP) is 2.72. The van der Waals surface area contributed by atoms with Crippen LogP contribution in [0.2, 0.25) is 0 Å². The Morgan fingerprint density at radius 3 is 2.47 bits per heavy atom. The lowest BCUT2D eigenvalue weighted by Crippen LogP contribution is -2.58. The lowest BCUT2D eigenvalue weighted by atomic mass is 9.85. The lowest BCUT2D eigenvalue weighted by Gasteiger charge is -2.39. The van der Waals surface area contributed by atoms with Crippen molar-refractivity contribution < 1.29 is 23.9 Å². The highest BCUT2D eigenvalue weighted by molar-refractivity contribution is 6.00. The molecule has 0 aliphatic carbocycles. The molecule has 3 N–H and O–H groups in total. The number of nitrogens with zero attached hydrogens (tertiary/aromatic N) is 5. The van der Waals surface area contributed by atoms with Crippen LogP contribution < -0.4 is 16.7 Å². The number of benzene rings is 2. The van der Waals surface area contributed by atoms with Crippen LogP contribution in [0.1, 0.15) is 76.1 Å². The van der Waals surface area contributed by atoms with Crippen LogP contribution in [0.3, 0.4) is 0 Å². The highest BCUT2D eigenvalue weighted by Gasteiger charge is 2.47. The molecule has 0 radical (unpaired) electrons. The summed E-state index contributed by atoms with van der Waals surface area (Å²) in [4.78, 5) is 72.1. The Morgan fingerprint density at radius 2 is 1.74 bits per heavy atom. The zero-order valence-electron chi connectivity index (χ0n) is 31.3. The van der Waals surface area contributed by atoms with Crippen molar-refractivity contribution >= 4 is 34.7 Å². The van der Waals surface area contributed by atoms with Crippen molar-refractivity contribution in [3.63, 3.8) is 0 Å². The largest absolute Gasteiger partial charge is 0.370 e. The molecule has 0 bridgehead atoms. The standard InChI is InChI=1S/C40H53N7O6/c1-40(2,3)35(41)38(51)46-17-15-28(34(46)37(50)45-18-19-53-32(24-45)27-8-6-5-7-9-27)20-26-14-16-44(23-26)22-25-10-11-29-31(21-25)43(4)39(52)47(29)30-12-13-33(48)42-36(30)49/h5-11,21,26,28,30,32,34-35H,12-20,22-24,41H2,1-4H3,(H,42,48,49)/t26-,28-,30?,32-,34?,35+/m0/s1. The van der Waals surface area contributed by atoms with Crippen LogP contribution in [0.15, 0.2) is 53.3 Å². The minimum Gasteiger partial charge on any atom is -0.370 e. The number of aryl methyl sites for hydroxylation is 1. The molecule has 4 aliphatic heterocycles. The molecule has 4 aliphatic rings. The second kappa shape index (κ2) is 14.8. The number of nitrogens with one attached hydrogen (secondary N) is 1. The van der Waals surface area contributed by atoms with Crippen LogP contribution >= 0.6 is 0 Å². The molecule has 0 saturated carbocycles. The average Bonchev–Trinajstić information content (AvgIpc) is 3.84. The molecular formula is C40H53N7O6. The maximum atomic E-state index is 14.5. The number of piperidine rings is 1. The summed E-state index contributed by atoms with van der Waals surface area (Å²) in [5.41, 5.74) is 9.33. The topological polar surface area (TPSA) is 152 Å². The summed E-state index contributed by atoms with van der Waals surface area (Å²) in [5, 5.41) is 2.37. The number of ether oxygens (including phenoxy) is 1. The molecule has 2 unspecified atom stereocenters. The second-order valence-electron chi connectivity index (χ2n) is 16.6. The molecule has 53 heavy (non-hydrogen) atoms. The molecule has 6 atom stereocenters. The first-order valence-corrected chi connectivity index (χ1v) is 19.1. The highest BCUT2D eigenvalue weighted by Crippen LogP contribution is 2.37. The molecule has 3 aromatic rings. The summed E-state index contributed by atoms with van der Waals surface area (Å²) in [6, 6.07) is 13.9. The summed E-state index contributed by atoms with van der Waals surface area (Å²) in [6.07, 6.45) is 2.88. The van der Waals surface area contributed by atoms with Crippen LogP contribution in [-0.2, 0) is 37.5 Å². The van der Waals surface area contributed by atoms with E-state index >= 15 is 0 Å². The SMILES string of the molecule is Cn1c(=O)n(C2CCC(=O)NC2=O)c2ccc(CN3CC[C@@H](C[C@@H]4CCN(C(=O)[C@@H](N)C(C)(C)C)C4C(=O)N4CCO[C@H](c5ccccc5)C4)C3)cc21.